The molecule has 0 saturated carbocycles. The van der Waals surface area contributed by atoms with E-state index in [1.807, 2.05) is 0 Å². The second kappa shape index (κ2) is 2.57. The molecule has 0 fully saturated rings. The van der Waals surface area contributed by atoms with Crippen molar-refractivity contribution in [3.63, 3.8) is 0 Å². The number of allylic oxidation sites excluding steroid dienone is 4. The van der Waals surface area contributed by atoms with Crippen molar-refractivity contribution >= 4 is 13.3 Å². The van der Waals surface area contributed by atoms with Gasteiger partial charge >= 0.3 is 66.0 Å². The summed E-state index contributed by atoms with van der Waals surface area (Å²) in [6.07, 6.45) is 7.04. The van der Waals surface area contributed by atoms with Crippen molar-refractivity contribution in [2.45, 2.75) is 28.9 Å². The van der Waals surface area contributed by atoms with Crippen molar-refractivity contribution in [3.05, 3.63) is 23.8 Å². The second-order valence-electron chi connectivity index (χ2n) is 4.16. The molecule has 56 valence electrons. The molecule has 0 nitrogen and oxygen atoms in total. The fourth-order valence-electron chi connectivity index (χ4n) is 1.19. The van der Waals surface area contributed by atoms with Crippen molar-refractivity contribution in [1.82, 2.24) is 0 Å². The monoisotopic (exact) mass is 198 g/mol. The third kappa shape index (κ3) is 1.75. The third-order valence-electron chi connectivity index (χ3n) is 2.01. The molecule has 0 N–H and O–H groups in total. The maximum absolute atomic E-state index is 2.46. The fraction of sp³-hybridized carbons (Fsp3) is 0.556. The van der Waals surface area contributed by atoms with Crippen LogP contribution in [0.15, 0.2) is 23.8 Å². The molecule has 0 radical (unpaired) electrons. The van der Waals surface area contributed by atoms with Crippen molar-refractivity contribution in [1.29, 1.82) is 0 Å². The van der Waals surface area contributed by atoms with Crippen LogP contribution in [0.5, 0.6) is 0 Å². The van der Waals surface area contributed by atoms with Crippen LogP contribution in [0.4, 0.5) is 0 Å². The summed E-state index contributed by atoms with van der Waals surface area (Å²) in [5, 5.41) is 0. The van der Waals surface area contributed by atoms with Crippen LogP contribution in [-0.2, 0) is 0 Å². The summed E-state index contributed by atoms with van der Waals surface area (Å²) in [6, 6.07) is 0. The van der Waals surface area contributed by atoms with Gasteiger partial charge in [-0.2, -0.15) is 0 Å². The van der Waals surface area contributed by atoms with Gasteiger partial charge in [0.25, 0.3) is 0 Å². The molecule has 0 spiro atoms. The van der Waals surface area contributed by atoms with Crippen molar-refractivity contribution < 1.29 is 0 Å². The fourth-order valence-corrected chi connectivity index (χ4v) is 4.20. The summed E-state index contributed by atoms with van der Waals surface area (Å²) in [5.74, 6) is 7.39. The zero-order valence-electron chi connectivity index (χ0n) is 7.31. The van der Waals surface area contributed by atoms with Crippen LogP contribution in [0.3, 0.4) is 0 Å². The Kier molecular flexibility index (Phi) is 2.09. The normalized spacial score (nSPS) is 25.2. The molecule has 10 heavy (non-hydrogen) atoms. The first-order chi connectivity index (χ1) is 4.50. The van der Waals surface area contributed by atoms with Gasteiger partial charge in [0, 0.05) is 0 Å². The first-order valence-electron chi connectivity index (χ1n) is 3.87. The summed E-state index contributed by atoms with van der Waals surface area (Å²) in [4.78, 5) is 0. The first-order valence-corrected chi connectivity index (χ1v) is 11.4. The van der Waals surface area contributed by atoms with Crippen LogP contribution in [0, 0.1) is 0 Å². The van der Waals surface area contributed by atoms with Crippen molar-refractivity contribution in [2.75, 3.05) is 0 Å². The Morgan fingerprint density at radius 2 is 1.90 bits per heavy atom. The van der Waals surface area contributed by atoms with E-state index in [2.05, 4.69) is 42.4 Å². The molecule has 1 aliphatic carbocycles. The molecule has 0 aromatic carbocycles. The molecule has 0 aromatic heterocycles. The zero-order valence-corrected chi connectivity index (χ0v) is 9.41. The summed E-state index contributed by atoms with van der Waals surface area (Å²) >= 11 is -1.39. The SMILES string of the molecule is CC1=C[CH]([Ge]([CH3])([CH3])[CH3])C=C1. The van der Waals surface area contributed by atoms with Crippen LogP contribution in [0.2, 0.25) is 22.0 Å². The topological polar surface area (TPSA) is 0 Å². The molecular formula is C9H16Ge. The van der Waals surface area contributed by atoms with Gasteiger partial charge in [-0.1, -0.05) is 0 Å². The molecule has 0 aliphatic heterocycles. The van der Waals surface area contributed by atoms with Crippen LogP contribution in [-0.4, -0.2) is 13.3 Å². The predicted octanol–water partition coefficient (Wildman–Crippen LogP) is 3.21. The minimum atomic E-state index is -1.39. The van der Waals surface area contributed by atoms with Gasteiger partial charge in [0.1, 0.15) is 0 Å². The molecule has 1 atom stereocenters. The van der Waals surface area contributed by atoms with Crippen molar-refractivity contribution in [2.24, 2.45) is 0 Å². The van der Waals surface area contributed by atoms with Gasteiger partial charge in [0.15, 0.2) is 0 Å². The molecule has 1 unspecified atom stereocenters. The van der Waals surface area contributed by atoms with E-state index in [-0.39, 0.29) is 0 Å². The van der Waals surface area contributed by atoms with E-state index in [1.54, 1.807) is 0 Å². The first kappa shape index (κ1) is 8.12. The predicted molar refractivity (Wildman–Crippen MR) is 50.0 cm³/mol. The standard InChI is InChI=1S/C9H16Ge/c1-8-5-6-9(7-8)10(2,3)4/h5-7,9H,1-4H3. The zero-order chi connectivity index (χ0) is 7.78. The molecule has 1 aliphatic rings. The van der Waals surface area contributed by atoms with E-state index >= 15 is 0 Å². The van der Waals surface area contributed by atoms with E-state index in [0.29, 0.717) is 0 Å². The summed E-state index contributed by atoms with van der Waals surface area (Å²) in [7, 11) is 0. The molecule has 1 rings (SSSR count). The van der Waals surface area contributed by atoms with E-state index in [1.165, 1.54) is 5.57 Å². The number of hydrogen-bond acceptors (Lipinski definition) is 0. The Morgan fingerprint density at radius 3 is 2.10 bits per heavy atom. The van der Waals surface area contributed by atoms with Crippen LogP contribution < -0.4 is 0 Å². The molecular weight excluding hydrogens is 181 g/mol. The summed E-state index contributed by atoms with van der Waals surface area (Å²) in [6.45, 7) is 2.18. The molecule has 0 heterocycles. The molecule has 0 amide bonds. The van der Waals surface area contributed by atoms with E-state index in [0.717, 1.165) is 4.75 Å². The second-order valence-corrected chi connectivity index (χ2v) is 15.5. The number of hydrogen-bond donors (Lipinski definition) is 0. The van der Waals surface area contributed by atoms with Gasteiger partial charge in [0.2, 0.25) is 0 Å². The average molecular weight is 197 g/mol. The summed E-state index contributed by atoms with van der Waals surface area (Å²) < 4.78 is 0.833. The van der Waals surface area contributed by atoms with E-state index < -0.39 is 13.3 Å². The van der Waals surface area contributed by atoms with Gasteiger partial charge in [-0.25, -0.2) is 0 Å². The van der Waals surface area contributed by atoms with E-state index in [9.17, 15) is 0 Å². The average Bonchev–Trinajstić information content (AvgIpc) is 2.11. The minimum absolute atomic E-state index is 0.833. The van der Waals surface area contributed by atoms with Crippen LogP contribution in [0.25, 0.3) is 0 Å². The van der Waals surface area contributed by atoms with Crippen LogP contribution >= 0.6 is 0 Å². The summed E-state index contributed by atoms with van der Waals surface area (Å²) in [5.41, 5.74) is 1.45. The molecule has 0 bridgehead atoms. The molecule has 0 aromatic rings. The van der Waals surface area contributed by atoms with Gasteiger partial charge < -0.3 is 0 Å². The van der Waals surface area contributed by atoms with Gasteiger partial charge in [-0.05, 0) is 0 Å². The quantitative estimate of drug-likeness (QED) is 0.566. The Bertz CT molecular complexity index is 181. The molecule has 0 saturated heterocycles. The Balaban J connectivity index is 2.72. The van der Waals surface area contributed by atoms with Gasteiger partial charge in [0.05, 0.1) is 0 Å². The van der Waals surface area contributed by atoms with Crippen LogP contribution in [0.1, 0.15) is 6.92 Å². The maximum atomic E-state index is 2.46. The van der Waals surface area contributed by atoms with Gasteiger partial charge in [-0.15, -0.1) is 0 Å². The third-order valence-corrected chi connectivity index (χ3v) is 6.96. The Labute approximate surface area is 66.4 Å². The Hall–Kier alpha value is 0.0229. The Morgan fingerprint density at radius 1 is 1.30 bits per heavy atom. The van der Waals surface area contributed by atoms with E-state index in [4.69, 9.17) is 0 Å². The molecule has 1 heteroatoms. The number of rotatable bonds is 1. The van der Waals surface area contributed by atoms with Crippen molar-refractivity contribution in [3.8, 4) is 0 Å². The van der Waals surface area contributed by atoms with Gasteiger partial charge in [-0.3, -0.25) is 0 Å².